The van der Waals surface area contributed by atoms with Gasteiger partial charge in [0.1, 0.15) is 0 Å². The highest BCUT2D eigenvalue weighted by atomic mass is 16.5. The normalized spacial score (nSPS) is 12.1. The van der Waals surface area contributed by atoms with Crippen LogP contribution in [0.3, 0.4) is 0 Å². The Morgan fingerprint density at radius 1 is 1.11 bits per heavy atom. The molecule has 0 fully saturated rings. The van der Waals surface area contributed by atoms with Gasteiger partial charge in [-0.05, 0) is 16.9 Å². The predicted octanol–water partition coefficient (Wildman–Crippen LogP) is 4.34. The lowest BCUT2D eigenvalue weighted by Gasteiger charge is -2.19. The molecule has 19 heavy (non-hydrogen) atoms. The minimum Gasteiger partial charge on any atom is -0.381 e. The van der Waals surface area contributed by atoms with E-state index >= 15 is 0 Å². The molecule has 0 unspecified atom stereocenters. The third kappa shape index (κ3) is 2.65. The summed E-state index contributed by atoms with van der Waals surface area (Å²) in [5.74, 6) is 1.57. The Bertz CT molecular complexity index is 559. The fraction of sp³-hybridized carbons (Fsp3) is 0.438. The van der Waals surface area contributed by atoms with Crippen molar-refractivity contribution >= 4 is 5.82 Å². The van der Waals surface area contributed by atoms with Crippen molar-refractivity contribution in [1.82, 2.24) is 5.16 Å². The smallest absolute Gasteiger partial charge is 0.172 e. The minimum atomic E-state index is 0.153. The maximum absolute atomic E-state index is 5.87. The molecule has 1 aromatic heterocycles. The van der Waals surface area contributed by atoms with Crippen LogP contribution in [0.15, 0.2) is 28.8 Å². The molecular formula is C16H22N2O. The standard InChI is InChI=1S/C16H22N2O/c1-10(2)13-14(19-18-15(13)17)11-6-8-12(9-7-11)16(3,4)5/h6-10H,1-5H3,(H2,17,18). The molecule has 1 heterocycles. The first-order valence-electron chi connectivity index (χ1n) is 6.66. The van der Waals surface area contributed by atoms with Crippen molar-refractivity contribution in [1.29, 1.82) is 0 Å². The van der Waals surface area contributed by atoms with Gasteiger partial charge in [-0.2, -0.15) is 0 Å². The van der Waals surface area contributed by atoms with Crippen LogP contribution in [0.1, 0.15) is 51.7 Å². The molecule has 2 rings (SSSR count). The van der Waals surface area contributed by atoms with Crippen LogP contribution in [0.5, 0.6) is 0 Å². The molecule has 0 radical (unpaired) electrons. The number of nitrogens with zero attached hydrogens (tertiary/aromatic N) is 1. The van der Waals surface area contributed by atoms with Crippen molar-refractivity contribution in [3.05, 3.63) is 35.4 Å². The quantitative estimate of drug-likeness (QED) is 0.871. The van der Waals surface area contributed by atoms with E-state index in [9.17, 15) is 0 Å². The molecular weight excluding hydrogens is 236 g/mol. The Kier molecular flexibility index (Phi) is 3.40. The minimum absolute atomic E-state index is 0.153. The number of hydrogen-bond acceptors (Lipinski definition) is 3. The lowest BCUT2D eigenvalue weighted by atomic mass is 9.86. The fourth-order valence-electron chi connectivity index (χ4n) is 2.20. The van der Waals surface area contributed by atoms with Crippen molar-refractivity contribution in [3.8, 4) is 11.3 Å². The van der Waals surface area contributed by atoms with E-state index in [4.69, 9.17) is 10.3 Å². The molecule has 0 saturated heterocycles. The SMILES string of the molecule is CC(C)c1c(N)noc1-c1ccc(C(C)(C)C)cc1. The zero-order valence-electron chi connectivity index (χ0n) is 12.3. The second-order valence-electron chi connectivity index (χ2n) is 6.29. The van der Waals surface area contributed by atoms with Crippen LogP contribution in [0.25, 0.3) is 11.3 Å². The molecule has 0 bridgehead atoms. The van der Waals surface area contributed by atoms with Gasteiger partial charge in [0.2, 0.25) is 0 Å². The lowest BCUT2D eigenvalue weighted by molar-refractivity contribution is 0.434. The molecule has 3 nitrogen and oxygen atoms in total. The number of nitrogens with two attached hydrogens (primary N) is 1. The van der Waals surface area contributed by atoms with Crippen LogP contribution in [0, 0.1) is 0 Å². The first-order chi connectivity index (χ1) is 8.80. The first-order valence-corrected chi connectivity index (χ1v) is 6.66. The molecule has 2 aromatic rings. The largest absolute Gasteiger partial charge is 0.381 e. The zero-order chi connectivity index (χ0) is 14.2. The van der Waals surface area contributed by atoms with Gasteiger partial charge < -0.3 is 10.3 Å². The molecule has 0 atom stereocenters. The molecule has 1 aromatic carbocycles. The number of rotatable bonds is 2. The van der Waals surface area contributed by atoms with Gasteiger partial charge in [-0.3, -0.25) is 0 Å². The van der Waals surface area contributed by atoms with Gasteiger partial charge in [-0.25, -0.2) is 0 Å². The van der Waals surface area contributed by atoms with Crippen LogP contribution in [0.4, 0.5) is 5.82 Å². The number of hydrogen-bond donors (Lipinski definition) is 1. The average molecular weight is 258 g/mol. The van der Waals surface area contributed by atoms with Crippen LogP contribution >= 0.6 is 0 Å². The Hall–Kier alpha value is -1.77. The second kappa shape index (κ2) is 4.72. The molecule has 0 aliphatic carbocycles. The van der Waals surface area contributed by atoms with E-state index in [0.29, 0.717) is 11.7 Å². The molecule has 0 aliphatic heterocycles. The average Bonchev–Trinajstić information content (AvgIpc) is 2.70. The third-order valence-corrected chi connectivity index (χ3v) is 3.35. The Morgan fingerprint density at radius 2 is 1.68 bits per heavy atom. The van der Waals surface area contributed by atoms with Gasteiger partial charge in [-0.1, -0.05) is 64.0 Å². The Labute approximate surface area is 114 Å². The van der Waals surface area contributed by atoms with Crippen molar-refractivity contribution in [2.75, 3.05) is 5.73 Å². The van der Waals surface area contributed by atoms with E-state index in [1.54, 1.807) is 0 Å². The summed E-state index contributed by atoms with van der Waals surface area (Å²) in [4.78, 5) is 0. The molecule has 2 N–H and O–H groups in total. The summed E-state index contributed by atoms with van der Waals surface area (Å²) < 4.78 is 5.39. The zero-order valence-corrected chi connectivity index (χ0v) is 12.3. The van der Waals surface area contributed by atoms with Crippen molar-refractivity contribution in [3.63, 3.8) is 0 Å². The summed E-state index contributed by atoms with van der Waals surface area (Å²) >= 11 is 0. The van der Waals surface area contributed by atoms with E-state index in [1.807, 2.05) is 0 Å². The van der Waals surface area contributed by atoms with E-state index in [1.165, 1.54) is 5.56 Å². The summed E-state index contributed by atoms with van der Waals surface area (Å²) in [6.07, 6.45) is 0. The van der Waals surface area contributed by atoms with Gasteiger partial charge in [0.25, 0.3) is 0 Å². The molecule has 0 spiro atoms. The van der Waals surface area contributed by atoms with Crippen LogP contribution in [-0.2, 0) is 5.41 Å². The Morgan fingerprint density at radius 3 is 2.16 bits per heavy atom. The summed E-state index contributed by atoms with van der Waals surface area (Å²) in [6.45, 7) is 10.8. The van der Waals surface area contributed by atoms with Crippen molar-refractivity contribution in [2.45, 2.75) is 46.0 Å². The number of anilines is 1. The van der Waals surface area contributed by atoms with E-state index < -0.39 is 0 Å². The predicted molar refractivity (Wildman–Crippen MR) is 79.1 cm³/mol. The van der Waals surface area contributed by atoms with Gasteiger partial charge in [0, 0.05) is 11.1 Å². The van der Waals surface area contributed by atoms with E-state index in [2.05, 4.69) is 64.0 Å². The van der Waals surface area contributed by atoms with Gasteiger partial charge in [-0.15, -0.1) is 0 Å². The van der Waals surface area contributed by atoms with Gasteiger partial charge in [0.15, 0.2) is 11.6 Å². The molecule has 0 amide bonds. The summed E-state index contributed by atoms with van der Waals surface area (Å²) in [7, 11) is 0. The van der Waals surface area contributed by atoms with Crippen molar-refractivity contribution in [2.24, 2.45) is 0 Å². The fourth-order valence-corrected chi connectivity index (χ4v) is 2.20. The number of benzene rings is 1. The Balaban J connectivity index is 2.44. The summed E-state index contributed by atoms with van der Waals surface area (Å²) in [5.41, 5.74) is 9.35. The molecule has 0 saturated carbocycles. The summed E-state index contributed by atoms with van der Waals surface area (Å²) in [5, 5.41) is 3.89. The molecule has 102 valence electrons. The monoisotopic (exact) mass is 258 g/mol. The molecule has 0 aliphatic rings. The van der Waals surface area contributed by atoms with Crippen molar-refractivity contribution < 1.29 is 4.52 Å². The highest BCUT2D eigenvalue weighted by Gasteiger charge is 2.19. The van der Waals surface area contributed by atoms with E-state index in [-0.39, 0.29) is 5.41 Å². The second-order valence-corrected chi connectivity index (χ2v) is 6.29. The highest BCUT2D eigenvalue weighted by Crippen LogP contribution is 2.34. The van der Waals surface area contributed by atoms with Crippen LogP contribution < -0.4 is 5.73 Å². The topological polar surface area (TPSA) is 52.0 Å². The maximum Gasteiger partial charge on any atom is 0.172 e. The highest BCUT2D eigenvalue weighted by molar-refractivity contribution is 5.67. The van der Waals surface area contributed by atoms with Gasteiger partial charge >= 0.3 is 0 Å². The maximum atomic E-state index is 5.87. The third-order valence-electron chi connectivity index (χ3n) is 3.35. The van der Waals surface area contributed by atoms with E-state index in [0.717, 1.165) is 16.9 Å². The lowest BCUT2D eigenvalue weighted by Crippen LogP contribution is -2.10. The van der Waals surface area contributed by atoms with Crippen LogP contribution in [0.2, 0.25) is 0 Å². The van der Waals surface area contributed by atoms with Gasteiger partial charge in [0.05, 0.1) is 0 Å². The number of nitrogen functional groups attached to an aromatic ring is 1. The van der Waals surface area contributed by atoms with Crippen LogP contribution in [-0.4, -0.2) is 5.16 Å². The summed E-state index contributed by atoms with van der Waals surface area (Å²) in [6, 6.07) is 8.43. The molecule has 3 heteroatoms. The first kappa shape index (κ1) is 13.7. The number of aromatic nitrogens is 1.